The van der Waals surface area contributed by atoms with Gasteiger partial charge in [-0.25, -0.2) is 18.9 Å². The van der Waals surface area contributed by atoms with Gasteiger partial charge in [0, 0.05) is 6.04 Å². The molecular formula is C33H47N6O10P. The number of hydrogen-bond donors (Lipinski definition) is 5. The number of nitrogens with zero attached hydrogens (tertiary/aromatic N) is 3. The highest BCUT2D eigenvalue weighted by atomic mass is 31.2. The van der Waals surface area contributed by atoms with Crippen LogP contribution >= 0.6 is 7.75 Å². The number of nitrogens with two attached hydrogens (primary N) is 1. The second kappa shape index (κ2) is 14.8. The fourth-order valence-electron chi connectivity index (χ4n) is 6.04. The normalized spacial score (nSPS) is 27.3. The van der Waals surface area contributed by atoms with Gasteiger partial charge in [-0.15, -0.1) is 0 Å². The Morgan fingerprint density at radius 2 is 1.86 bits per heavy atom. The van der Waals surface area contributed by atoms with Crippen molar-refractivity contribution < 1.29 is 47.6 Å². The topological polar surface area (TPSA) is 218 Å². The average molecular weight is 719 g/mol. The number of alkyl carbamates (subject to hydrolysis) is 1. The lowest BCUT2D eigenvalue weighted by Crippen LogP contribution is -2.50. The molecule has 1 aromatic carbocycles. The zero-order chi connectivity index (χ0) is 36.3. The number of nitrogens with one attached hydrogen (secondary N) is 2. The minimum atomic E-state index is -4.33. The van der Waals surface area contributed by atoms with E-state index in [1.54, 1.807) is 42.5 Å². The van der Waals surface area contributed by atoms with Gasteiger partial charge in [0.2, 0.25) is 0 Å². The van der Waals surface area contributed by atoms with Gasteiger partial charge in [-0.1, -0.05) is 18.2 Å². The van der Waals surface area contributed by atoms with Crippen LogP contribution in [0.1, 0.15) is 66.0 Å². The first-order chi connectivity index (χ1) is 23.5. The van der Waals surface area contributed by atoms with Crippen LogP contribution in [0.15, 0.2) is 48.8 Å². The summed E-state index contributed by atoms with van der Waals surface area (Å²) in [4.78, 5) is 29.1. The molecule has 5 rings (SSSR count). The van der Waals surface area contributed by atoms with Crippen LogP contribution in [0.4, 0.5) is 10.6 Å². The summed E-state index contributed by atoms with van der Waals surface area (Å²) < 4.78 is 43.9. The molecule has 3 heterocycles. The number of rotatable bonds is 12. The molecule has 1 saturated heterocycles. The minimum Gasteiger partial charge on any atom is -0.464 e. The van der Waals surface area contributed by atoms with Crippen LogP contribution in [-0.4, -0.2) is 86.1 Å². The Morgan fingerprint density at radius 3 is 2.54 bits per heavy atom. The first kappa shape index (κ1) is 37.5. The van der Waals surface area contributed by atoms with Crippen LogP contribution < -0.4 is 20.7 Å². The van der Waals surface area contributed by atoms with E-state index < -0.39 is 55.4 Å². The standard InChI is InChI=1S/C33H47N6O10P/c1-21(28(40)45-17-22-11-13-23(14-12-22)37-30(42)48-31(2,3)4)38-50(44,49-24-9-7-6-8-10-24)47-18-32(5)29(41)33(43,19-46-32)26-16-15-25-27(34)35-20-36-39(25)26/h6-10,15-16,20-23,29,41,43H,11-14,17-19H2,1-5H3,(H,37,42)(H,38,44)(H2,34,35,36)/t21-,22-,23-,29+,32+,33-,50?/m0/s1. The van der Waals surface area contributed by atoms with E-state index in [0.29, 0.717) is 18.4 Å². The lowest BCUT2D eigenvalue weighted by atomic mass is 9.86. The number of nitrogen functional groups attached to an aromatic ring is 1. The number of benzene rings is 1. The number of aliphatic hydroxyl groups excluding tert-OH is 1. The molecule has 2 aromatic heterocycles. The van der Waals surface area contributed by atoms with Crippen molar-refractivity contribution in [3.05, 3.63) is 54.5 Å². The second-order valence-electron chi connectivity index (χ2n) is 14.1. The molecule has 2 fully saturated rings. The molecule has 1 amide bonds. The van der Waals surface area contributed by atoms with Crippen molar-refractivity contribution in [3.63, 3.8) is 0 Å². The molecule has 16 nitrogen and oxygen atoms in total. The molecule has 17 heteroatoms. The minimum absolute atomic E-state index is 0.0219. The van der Waals surface area contributed by atoms with E-state index in [-0.39, 0.29) is 42.4 Å². The van der Waals surface area contributed by atoms with E-state index in [1.165, 1.54) is 24.7 Å². The van der Waals surface area contributed by atoms with E-state index in [9.17, 15) is 24.4 Å². The number of anilines is 1. The Balaban J connectivity index is 1.19. The zero-order valence-corrected chi connectivity index (χ0v) is 29.8. The number of fused-ring (bicyclic) bond motifs is 1. The summed E-state index contributed by atoms with van der Waals surface area (Å²) in [5.74, 6) is -0.190. The first-order valence-corrected chi connectivity index (χ1v) is 18.1. The molecule has 3 aromatic rings. The van der Waals surface area contributed by atoms with Crippen molar-refractivity contribution in [2.24, 2.45) is 5.92 Å². The van der Waals surface area contributed by atoms with Gasteiger partial charge >= 0.3 is 19.8 Å². The maximum absolute atomic E-state index is 14.2. The zero-order valence-electron chi connectivity index (χ0n) is 28.9. The second-order valence-corrected chi connectivity index (χ2v) is 15.8. The highest BCUT2D eigenvalue weighted by Crippen LogP contribution is 2.48. The first-order valence-electron chi connectivity index (χ1n) is 16.6. The number of amides is 1. The summed E-state index contributed by atoms with van der Waals surface area (Å²) in [6.45, 7) is 7.69. The number of hydrogen-bond acceptors (Lipinski definition) is 13. The molecule has 0 spiro atoms. The van der Waals surface area contributed by atoms with Crippen molar-refractivity contribution >= 4 is 31.1 Å². The number of ether oxygens (including phenoxy) is 3. The van der Waals surface area contributed by atoms with Crippen molar-refractivity contribution in [2.75, 3.05) is 25.6 Å². The van der Waals surface area contributed by atoms with Crippen molar-refractivity contribution in [3.8, 4) is 5.75 Å². The summed E-state index contributed by atoms with van der Waals surface area (Å²) in [6, 6.07) is 10.3. The number of carbonyl (C=O) groups is 2. The third-order valence-corrected chi connectivity index (χ3v) is 10.4. The predicted molar refractivity (Wildman–Crippen MR) is 181 cm³/mol. The molecule has 2 aliphatic rings. The molecule has 1 aliphatic carbocycles. The molecule has 0 bridgehead atoms. The molecular weight excluding hydrogens is 671 g/mol. The van der Waals surface area contributed by atoms with Gasteiger partial charge in [0.25, 0.3) is 0 Å². The Hall–Kier alpha value is -3.79. The van der Waals surface area contributed by atoms with Gasteiger partial charge in [0.05, 0.1) is 25.5 Å². The predicted octanol–water partition coefficient (Wildman–Crippen LogP) is 3.46. The highest BCUT2D eigenvalue weighted by molar-refractivity contribution is 7.52. The van der Waals surface area contributed by atoms with E-state index in [2.05, 4.69) is 20.5 Å². The van der Waals surface area contributed by atoms with Gasteiger partial charge in [0.15, 0.2) is 11.4 Å². The van der Waals surface area contributed by atoms with Gasteiger partial charge in [-0.3, -0.25) is 9.32 Å². The van der Waals surface area contributed by atoms with E-state index in [1.807, 2.05) is 20.8 Å². The lowest BCUT2D eigenvalue weighted by Gasteiger charge is -2.33. The third-order valence-electron chi connectivity index (χ3n) is 8.80. The lowest BCUT2D eigenvalue weighted by molar-refractivity contribution is -0.147. The maximum atomic E-state index is 14.2. The SMILES string of the molecule is C[C@H](NP(=O)(OC[C@@]1(C)OC[C@](O)(c2ccc3c(N)ncnn23)[C@@H]1O)Oc1ccccc1)C(=O)OC[C@H]1CC[C@H](NC(=O)OC(C)(C)C)CC1. The van der Waals surface area contributed by atoms with Crippen LogP contribution in [0.5, 0.6) is 5.75 Å². The fraction of sp³-hybridized carbons (Fsp3) is 0.576. The van der Waals surface area contributed by atoms with Gasteiger partial charge in [-0.05, 0) is 90.5 Å². The summed E-state index contributed by atoms with van der Waals surface area (Å²) in [5.41, 5.74) is 2.49. The van der Waals surface area contributed by atoms with Crippen molar-refractivity contribution in [2.45, 2.75) is 95.3 Å². The summed E-state index contributed by atoms with van der Waals surface area (Å²) in [5, 5.41) is 32.8. The van der Waals surface area contributed by atoms with Crippen LogP contribution in [0.2, 0.25) is 0 Å². The van der Waals surface area contributed by atoms with Crippen LogP contribution in [0, 0.1) is 5.92 Å². The molecule has 50 heavy (non-hydrogen) atoms. The number of carbonyl (C=O) groups excluding carboxylic acids is 2. The van der Waals surface area contributed by atoms with E-state index >= 15 is 0 Å². The molecule has 1 aliphatic heterocycles. The number of esters is 1. The average Bonchev–Trinajstić information content (AvgIpc) is 3.60. The molecule has 1 unspecified atom stereocenters. The van der Waals surface area contributed by atoms with Crippen LogP contribution in [-0.2, 0) is 33.7 Å². The number of para-hydroxylation sites is 1. The van der Waals surface area contributed by atoms with Crippen molar-refractivity contribution in [1.82, 2.24) is 25.0 Å². The van der Waals surface area contributed by atoms with E-state index in [0.717, 1.165) is 12.8 Å². The van der Waals surface area contributed by atoms with Gasteiger partial charge in [0.1, 0.15) is 40.9 Å². The summed E-state index contributed by atoms with van der Waals surface area (Å²) in [6.07, 6.45) is 2.10. The van der Waals surface area contributed by atoms with E-state index in [4.69, 9.17) is 29.0 Å². The van der Waals surface area contributed by atoms with Gasteiger partial charge < -0.3 is 40.0 Å². The molecule has 6 N–H and O–H groups in total. The third kappa shape index (κ3) is 8.74. The Morgan fingerprint density at radius 1 is 1.16 bits per heavy atom. The smallest absolute Gasteiger partial charge is 0.459 e. The largest absolute Gasteiger partial charge is 0.464 e. The Bertz CT molecular complexity index is 1690. The molecule has 1 saturated carbocycles. The molecule has 0 radical (unpaired) electrons. The van der Waals surface area contributed by atoms with Crippen molar-refractivity contribution in [1.29, 1.82) is 0 Å². The summed E-state index contributed by atoms with van der Waals surface area (Å²) >= 11 is 0. The fourth-order valence-corrected chi connectivity index (χ4v) is 7.62. The van der Waals surface area contributed by atoms with Crippen LogP contribution in [0.3, 0.4) is 0 Å². The summed E-state index contributed by atoms with van der Waals surface area (Å²) in [7, 11) is -4.33. The quantitative estimate of drug-likeness (QED) is 0.134. The Labute approximate surface area is 290 Å². The van der Waals surface area contributed by atoms with Crippen LogP contribution in [0.25, 0.3) is 5.52 Å². The Kier molecular flexibility index (Phi) is 11.1. The highest BCUT2D eigenvalue weighted by Gasteiger charge is 2.58. The number of aromatic nitrogens is 3. The monoisotopic (exact) mass is 718 g/mol. The maximum Gasteiger partial charge on any atom is 0.459 e. The molecule has 5 atom stereocenters. The molecule has 274 valence electrons. The van der Waals surface area contributed by atoms with Gasteiger partial charge in [-0.2, -0.15) is 10.2 Å². The number of aliphatic hydroxyl groups is 2.